The van der Waals surface area contributed by atoms with Crippen molar-refractivity contribution in [2.75, 3.05) is 23.8 Å². The molecular formula is C14H25BrN4. The topological polar surface area (TPSA) is 41.1 Å². The van der Waals surface area contributed by atoms with Gasteiger partial charge in [0.2, 0.25) is 0 Å². The van der Waals surface area contributed by atoms with Gasteiger partial charge in [0.15, 0.2) is 0 Å². The summed E-state index contributed by atoms with van der Waals surface area (Å²) >= 11 is 3.63. The molecular weight excluding hydrogens is 304 g/mol. The fourth-order valence-corrected chi connectivity index (χ4v) is 2.90. The Morgan fingerprint density at radius 2 is 1.89 bits per heavy atom. The van der Waals surface area contributed by atoms with Gasteiger partial charge < -0.3 is 10.2 Å². The normalized spacial score (nSPS) is 11.2. The Morgan fingerprint density at radius 1 is 1.26 bits per heavy atom. The molecule has 0 aliphatic heterocycles. The Balaban J connectivity index is 3.16. The van der Waals surface area contributed by atoms with Crippen LogP contribution in [0.4, 0.5) is 11.6 Å². The number of halogens is 1. The lowest BCUT2D eigenvalue weighted by atomic mass is 10.1. The van der Waals surface area contributed by atoms with Crippen molar-refractivity contribution >= 4 is 27.6 Å². The van der Waals surface area contributed by atoms with Crippen molar-refractivity contribution in [3.05, 3.63) is 10.8 Å². The first-order valence-electron chi connectivity index (χ1n) is 6.99. The van der Waals surface area contributed by atoms with Gasteiger partial charge in [0.1, 0.15) is 22.4 Å². The molecule has 0 fully saturated rings. The van der Waals surface area contributed by atoms with Crippen molar-refractivity contribution in [3.63, 3.8) is 0 Å². The molecule has 0 bridgehead atoms. The van der Waals surface area contributed by atoms with E-state index in [4.69, 9.17) is 0 Å². The maximum Gasteiger partial charge on any atom is 0.148 e. The molecule has 0 aliphatic rings. The van der Waals surface area contributed by atoms with Crippen molar-refractivity contribution in [2.45, 2.75) is 46.6 Å². The fourth-order valence-electron chi connectivity index (χ4n) is 2.27. The van der Waals surface area contributed by atoms with E-state index in [0.29, 0.717) is 12.0 Å². The van der Waals surface area contributed by atoms with Gasteiger partial charge in [-0.2, -0.15) is 0 Å². The molecule has 0 aromatic carbocycles. The lowest BCUT2D eigenvalue weighted by Crippen LogP contribution is -2.38. The molecule has 0 atom stereocenters. The van der Waals surface area contributed by atoms with Gasteiger partial charge in [-0.25, -0.2) is 9.97 Å². The lowest BCUT2D eigenvalue weighted by molar-refractivity contribution is 0.502. The summed E-state index contributed by atoms with van der Waals surface area (Å²) in [6.07, 6.45) is 3.87. The summed E-state index contributed by atoms with van der Waals surface area (Å²) in [5.41, 5.74) is 0. The average molecular weight is 329 g/mol. The van der Waals surface area contributed by atoms with Crippen molar-refractivity contribution in [1.82, 2.24) is 9.97 Å². The summed E-state index contributed by atoms with van der Waals surface area (Å²) in [5.74, 6) is 2.42. The molecule has 5 heteroatoms. The molecule has 0 radical (unpaired) electrons. The van der Waals surface area contributed by atoms with E-state index in [1.54, 1.807) is 6.33 Å². The maximum atomic E-state index is 4.49. The van der Waals surface area contributed by atoms with Gasteiger partial charge in [-0.3, -0.25) is 0 Å². The molecule has 4 nitrogen and oxygen atoms in total. The van der Waals surface area contributed by atoms with Gasteiger partial charge in [-0.05, 0) is 34.7 Å². The zero-order valence-electron chi connectivity index (χ0n) is 12.6. The summed E-state index contributed by atoms with van der Waals surface area (Å²) in [4.78, 5) is 11.1. The SMILES string of the molecule is CCC(CC)N(CC(C)C)c1ncnc(NC)c1Br. The van der Waals surface area contributed by atoms with Crippen LogP contribution in [0.15, 0.2) is 10.8 Å². The van der Waals surface area contributed by atoms with Crippen LogP contribution >= 0.6 is 15.9 Å². The highest BCUT2D eigenvalue weighted by Crippen LogP contribution is 2.31. The molecule has 108 valence electrons. The van der Waals surface area contributed by atoms with Crippen LogP contribution in [-0.2, 0) is 0 Å². The molecule has 0 unspecified atom stereocenters. The zero-order chi connectivity index (χ0) is 14.4. The molecule has 0 saturated heterocycles. The summed E-state index contributed by atoms with van der Waals surface area (Å²) in [5, 5.41) is 3.09. The Bertz CT molecular complexity index is 391. The first kappa shape index (κ1) is 16.2. The van der Waals surface area contributed by atoms with Gasteiger partial charge in [-0.1, -0.05) is 27.7 Å². The van der Waals surface area contributed by atoms with Crippen LogP contribution in [0.3, 0.4) is 0 Å². The van der Waals surface area contributed by atoms with Gasteiger partial charge in [0.05, 0.1) is 0 Å². The summed E-state index contributed by atoms with van der Waals surface area (Å²) in [6, 6.07) is 0.512. The summed E-state index contributed by atoms with van der Waals surface area (Å²) in [7, 11) is 1.88. The molecule has 1 N–H and O–H groups in total. The van der Waals surface area contributed by atoms with E-state index in [1.165, 1.54) is 0 Å². The maximum absolute atomic E-state index is 4.49. The first-order chi connectivity index (χ1) is 9.04. The second-order valence-corrected chi connectivity index (χ2v) is 5.92. The predicted octanol–water partition coefficient (Wildman–Crippen LogP) is 3.93. The summed E-state index contributed by atoms with van der Waals surface area (Å²) in [6.45, 7) is 9.95. The quantitative estimate of drug-likeness (QED) is 0.823. The molecule has 0 aliphatic carbocycles. The van der Waals surface area contributed by atoms with E-state index in [1.807, 2.05) is 7.05 Å². The second kappa shape index (κ2) is 7.68. The third-order valence-corrected chi connectivity index (χ3v) is 3.96. The Morgan fingerprint density at radius 3 is 2.37 bits per heavy atom. The van der Waals surface area contributed by atoms with Gasteiger partial charge >= 0.3 is 0 Å². The molecule has 1 rings (SSSR count). The summed E-state index contributed by atoms with van der Waals surface area (Å²) < 4.78 is 0.949. The van der Waals surface area contributed by atoms with Crippen LogP contribution in [0.25, 0.3) is 0 Å². The largest absolute Gasteiger partial charge is 0.372 e. The number of hydrogen-bond donors (Lipinski definition) is 1. The number of rotatable bonds is 7. The van der Waals surface area contributed by atoms with Crippen LogP contribution in [0.5, 0.6) is 0 Å². The number of nitrogens with one attached hydrogen (secondary N) is 1. The highest BCUT2D eigenvalue weighted by molar-refractivity contribution is 9.10. The molecule has 1 heterocycles. The molecule has 1 aromatic rings. The van der Waals surface area contributed by atoms with Gasteiger partial charge in [0, 0.05) is 19.6 Å². The monoisotopic (exact) mass is 328 g/mol. The lowest BCUT2D eigenvalue weighted by Gasteiger charge is -2.33. The van der Waals surface area contributed by atoms with Crippen molar-refractivity contribution in [1.29, 1.82) is 0 Å². The van der Waals surface area contributed by atoms with Crippen LogP contribution < -0.4 is 10.2 Å². The number of hydrogen-bond acceptors (Lipinski definition) is 4. The fraction of sp³-hybridized carbons (Fsp3) is 0.714. The Labute approximate surface area is 125 Å². The van der Waals surface area contributed by atoms with E-state index < -0.39 is 0 Å². The van der Waals surface area contributed by atoms with E-state index in [0.717, 1.165) is 35.5 Å². The standard InChI is InChI=1S/C14H25BrN4/c1-6-11(7-2)19(8-10(3)4)14-12(15)13(16-5)17-9-18-14/h9-11H,6-8H2,1-5H3,(H,16,17,18). The van der Waals surface area contributed by atoms with Crippen LogP contribution in [0, 0.1) is 5.92 Å². The third-order valence-electron chi connectivity index (χ3n) is 3.23. The smallest absolute Gasteiger partial charge is 0.148 e. The zero-order valence-corrected chi connectivity index (χ0v) is 14.2. The van der Waals surface area contributed by atoms with Crippen molar-refractivity contribution < 1.29 is 0 Å². The predicted molar refractivity (Wildman–Crippen MR) is 85.8 cm³/mol. The number of aromatic nitrogens is 2. The molecule has 0 amide bonds. The van der Waals surface area contributed by atoms with Crippen molar-refractivity contribution in [3.8, 4) is 0 Å². The van der Waals surface area contributed by atoms with Gasteiger partial charge in [0.25, 0.3) is 0 Å². The van der Waals surface area contributed by atoms with Crippen LogP contribution in [0.2, 0.25) is 0 Å². The number of nitrogens with zero attached hydrogens (tertiary/aromatic N) is 3. The second-order valence-electron chi connectivity index (χ2n) is 5.13. The third kappa shape index (κ3) is 4.06. The molecule has 19 heavy (non-hydrogen) atoms. The van der Waals surface area contributed by atoms with E-state index in [9.17, 15) is 0 Å². The van der Waals surface area contributed by atoms with Crippen LogP contribution in [-0.4, -0.2) is 29.6 Å². The van der Waals surface area contributed by atoms with E-state index in [-0.39, 0.29) is 0 Å². The Hall–Kier alpha value is -0.840. The highest BCUT2D eigenvalue weighted by Gasteiger charge is 2.21. The molecule has 0 saturated carbocycles. The first-order valence-corrected chi connectivity index (χ1v) is 7.79. The minimum Gasteiger partial charge on any atom is -0.372 e. The van der Waals surface area contributed by atoms with Crippen molar-refractivity contribution in [2.24, 2.45) is 5.92 Å². The van der Waals surface area contributed by atoms with E-state index in [2.05, 4.69) is 63.8 Å². The average Bonchev–Trinajstić information content (AvgIpc) is 2.39. The van der Waals surface area contributed by atoms with Crippen LogP contribution in [0.1, 0.15) is 40.5 Å². The van der Waals surface area contributed by atoms with E-state index >= 15 is 0 Å². The Kier molecular flexibility index (Phi) is 6.55. The minimum atomic E-state index is 0.512. The molecule has 1 aromatic heterocycles. The minimum absolute atomic E-state index is 0.512. The molecule has 0 spiro atoms. The number of anilines is 2. The van der Waals surface area contributed by atoms with Gasteiger partial charge in [-0.15, -0.1) is 0 Å². The highest BCUT2D eigenvalue weighted by atomic mass is 79.9.